The summed E-state index contributed by atoms with van der Waals surface area (Å²) in [7, 11) is 0. The Hall–Kier alpha value is -1.00. The standard InChI is InChI=1S/C12H17F3N2/c1-7(2)10-9(8-5-3-4-6-8)11(17-16-10)12(13,14)15/h7-8H,3-6H2,1-2H3,(H,16,17). The quantitative estimate of drug-likeness (QED) is 0.832. The Labute approximate surface area is 98.6 Å². The van der Waals surface area contributed by atoms with Crippen molar-refractivity contribution in [2.45, 2.75) is 57.5 Å². The van der Waals surface area contributed by atoms with Crippen LogP contribution in [0.25, 0.3) is 0 Å². The van der Waals surface area contributed by atoms with E-state index in [1.807, 2.05) is 13.8 Å². The van der Waals surface area contributed by atoms with Crippen molar-refractivity contribution in [1.29, 1.82) is 0 Å². The smallest absolute Gasteiger partial charge is 0.281 e. The first-order valence-electron chi connectivity index (χ1n) is 6.06. The van der Waals surface area contributed by atoms with Gasteiger partial charge < -0.3 is 0 Å². The van der Waals surface area contributed by atoms with Crippen molar-refractivity contribution in [2.24, 2.45) is 0 Å². The summed E-state index contributed by atoms with van der Waals surface area (Å²) in [5, 5.41) is 6.09. The lowest BCUT2D eigenvalue weighted by atomic mass is 9.91. The van der Waals surface area contributed by atoms with E-state index in [0.717, 1.165) is 25.7 Å². The Morgan fingerprint density at radius 3 is 2.29 bits per heavy atom. The number of alkyl halides is 3. The topological polar surface area (TPSA) is 28.7 Å². The van der Waals surface area contributed by atoms with E-state index in [4.69, 9.17) is 0 Å². The Bertz CT molecular complexity index is 387. The maximum absolute atomic E-state index is 12.9. The van der Waals surface area contributed by atoms with Gasteiger partial charge in [0.05, 0.1) is 0 Å². The van der Waals surface area contributed by atoms with Crippen LogP contribution in [0.5, 0.6) is 0 Å². The third-order valence-corrected chi connectivity index (χ3v) is 3.44. The Morgan fingerprint density at radius 1 is 1.24 bits per heavy atom. The van der Waals surface area contributed by atoms with Gasteiger partial charge in [-0.15, -0.1) is 0 Å². The molecule has 1 N–H and O–H groups in total. The van der Waals surface area contributed by atoms with Gasteiger partial charge in [0, 0.05) is 11.3 Å². The van der Waals surface area contributed by atoms with Crippen LogP contribution in [0.3, 0.4) is 0 Å². The second-order valence-electron chi connectivity index (χ2n) is 5.03. The van der Waals surface area contributed by atoms with Crippen molar-refractivity contribution in [3.8, 4) is 0 Å². The van der Waals surface area contributed by atoms with Gasteiger partial charge in [-0.05, 0) is 24.7 Å². The summed E-state index contributed by atoms with van der Waals surface area (Å²) in [5.41, 5.74) is 0.377. The predicted molar refractivity (Wildman–Crippen MR) is 58.9 cm³/mol. The molecule has 0 spiro atoms. The second-order valence-corrected chi connectivity index (χ2v) is 5.03. The number of hydrogen-bond acceptors (Lipinski definition) is 1. The fourth-order valence-corrected chi connectivity index (χ4v) is 2.65. The molecule has 0 aliphatic heterocycles. The van der Waals surface area contributed by atoms with Gasteiger partial charge >= 0.3 is 6.18 Å². The summed E-state index contributed by atoms with van der Waals surface area (Å²) in [6, 6.07) is 0. The van der Waals surface area contributed by atoms with Crippen LogP contribution in [0.15, 0.2) is 0 Å². The largest absolute Gasteiger partial charge is 0.435 e. The van der Waals surface area contributed by atoms with Crippen LogP contribution in [-0.4, -0.2) is 10.2 Å². The minimum atomic E-state index is -4.35. The van der Waals surface area contributed by atoms with E-state index in [9.17, 15) is 13.2 Å². The zero-order valence-corrected chi connectivity index (χ0v) is 10.1. The molecule has 17 heavy (non-hydrogen) atoms. The summed E-state index contributed by atoms with van der Waals surface area (Å²) < 4.78 is 38.7. The second kappa shape index (κ2) is 4.35. The van der Waals surface area contributed by atoms with Crippen molar-refractivity contribution in [3.63, 3.8) is 0 Å². The Balaban J connectivity index is 2.46. The molecule has 0 atom stereocenters. The third-order valence-electron chi connectivity index (χ3n) is 3.44. The van der Waals surface area contributed by atoms with Crippen LogP contribution >= 0.6 is 0 Å². The molecule has 96 valence electrons. The van der Waals surface area contributed by atoms with E-state index in [1.165, 1.54) is 0 Å². The summed E-state index contributed by atoms with van der Waals surface area (Å²) in [6.45, 7) is 3.79. The molecule has 2 rings (SSSR count). The summed E-state index contributed by atoms with van der Waals surface area (Å²) in [5.74, 6) is 0.0805. The van der Waals surface area contributed by atoms with Crippen LogP contribution in [0.2, 0.25) is 0 Å². The third kappa shape index (κ3) is 2.33. The molecule has 0 saturated heterocycles. The molecule has 0 bridgehead atoms. The first kappa shape index (κ1) is 12.5. The minimum Gasteiger partial charge on any atom is -0.281 e. The fourth-order valence-electron chi connectivity index (χ4n) is 2.65. The molecule has 0 amide bonds. The Morgan fingerprint density at radius 2 is 1.82 bits per heavy atom. The zero-order valence-electron chi connectivity index (χ0n) is 10.1. The maximum Gasteiger partial charge on any atom is 0.435 e. The van der Waals surface area contributed by atoms with Crippen molar-refractivity contribution in [3.05, 3.63) is 17.0 Å². The lowest BCUT2D eigenvalue weighted by Gasteiger charge is -2.15. The average molecular weight is 246 g/mol. The molecule has 1 aliphatic rings. The lowest BCUT2D eigenvalue weighted by molar-refractivity contribution is -0.142. The molecule has 1 aromatic rings. The van der Waals surface area contributed by atoms with Gasteiger partial charge in [0.1, 0.15) is 0 Å². The van der Waals surface area contributed by atoms with E-state index >= 15 is 0 Å². The van der Waals surface area contributed by atoms with Gasteiger partial charge in [0.2, 0.25) is 0 Å². The number of aromatic nitrogens is 2. The maximum atomic E-state index is 12.9. The molecule has 1 saturated carbocycles. The summed E-state index contributed by atoms with van der Waals surface area (Å²) in [4.78, 5) is 0. The SMILES string of the molecule is CC(C)c1[nH]nc(C(F)(F)F)c1C1CCCC1. The molecule has 0 radical (unpaired) electrons. The molecular weight excluding hydrogens is 229 g/mol. The molecular formula is C12H17F3N2. The van der Waals surface area contributed by atoms with Gasteiger partial charge in [-0.3, -0.25) is 5.10 Å². The first-order valence-corrected chi connectivity index (χ1v) is 6.06. The minimum absolute atomic E-state index is 0.0303. The average Bonchev–Trinajstić information content (AvgIpc) is 2.84. The summed E-state index contributed by atoms with van der Waals surface area (Å²) >= 11 is 0. The van der Waals surface area contributed by atoms with Crippen LogP contribution in [0, 0.1) is 0 Å². The van der Waals surface area contributed by atoms with E-state index < -0.39 is 11.9 Å². The number of nitrogens with zero attached hydrogens (tertiary/aromatic N) is 1. The molecule has 2 nitrogen and oxygen atoms in total. The molecule has 1 aromatic heterocycles. The van der Waals surface area contributed by atoms with E-state index in [2.05, 4.69) is 10.2 Å². The Kier molecular flexibility index (Phi) is 3.19. The van der Waals surface area contributed by atoms with Crippen LogP contribution in [0.4, 0.5) is 13.2 Å². The van der Waals surface area contributed by atoms with Crippen molar-refractivity contribution in [1.82, 2.24) is 10.2 Å². The first-order chi connectivity index (χ1) is 7.91. The van der Waals surface area contributed by atoms with E-state index in [-0.39, 0.29) is 11.8 Å². The predicted octanol–water partition coefficient (Wildman–Crippen LogP) is 4.21. The van der Waals surface area contributed by atoms with Crippen molar-refractivity contribution in [2.75, 3.05) is 0 Å². The van der Waals surface area contributed by atoms with Crippen LogP contribution in [-0.2, 0) is 6.18 Å². The van der Waals surface area contributed by atoms with Gasteiger partial charge in [0.15, 0.2) is 5.69 Å². The monoisotopic (exact) mass is 246 g/mol. The highest BCUT2D eigenvalue weighted by atomic mass is 19.4. The van der Waals surface area contributed by atoms with E-state index in [1.54, 1.807) is 0 Å². The number of H-pyrrole nitrogens is 1. The fraction of sp³-hybridized carbons (Fsp3) is 0.750. The number of halogens is 3. The zero-order chi connectivity index (χ0) is 12.6. The number of hydrogen-bond donors (Lipinski definition) is 1. The highest BCUT2D eigenvalue weighted by molar-refractivity contribution is 5.33. The van der Waals surface area contributed by atoms with Crippen LogP contribution < -0.4 is 0 Å². The van der Waals surface area contributed by atoms with Gasteiger partial charge in [-0.1, -0.05) is 26.7 Å². The van der Waals surface area contributed by atoms with Gasteiger partial charge in [-0.2, -0.15) is 18.3 Å². The van der Waals surface area contributed by atoms with Crippen molar-refractivity contribution < 1.29 is 13.2 Å². The lowest BCUT2D eigenvalue weighted by Crippen LogP contribution is -2.11. The molecule has 0 unspecified atom stereocenters. The molecule has 1 aliphatic carbocycles. The van der Waals surface area contributed by atoms with Crippen LogP contribution in [0.1, 0.15) is 68.3 Å². The van der Waals surface area contributed by atoms with Gasteiger partial charge in [-0.25, -0.2) is 0 Å². The highest BCUT2D eigenvalue weighted by Gasteiger charge is 2.40. The molecule has 5 heteroatoms. The molecule has 0 aromatic carbocycles. The van der Waals surface area contributed by atoms with E-state index in [0.29, 0.717) is 11.3 Å². The highest BCUT2D eigenvalue weighted by Crippen LogP contribution is 2.43. The number of rotatable bonds is 2. The normalized spacial score (nSPS) is 18.2. The summed E-state index contributed by atoms with van der Waals surface area (Å²) in [6.07, 6.45) is -0.610. The number of aromatic amines is 1. The molecule has 1 fully saturated rings. The van der Waals surface area contributed by atoms with Gasteiger partial charge in [0.25, 0.3) is 0 Å². The number of nitrogens with one attached hydrogen (secondary N) is 1. The van der Waals surface area contributed by atoms with Crippen molar-refractivity contribution >= 4 is 0 Å². The molecule has 1 heterocycles.